The summed E-state index contributed by atoms with van der Waals surface area (Å²) in [5.41, 5.74) is 9.55. The summed E-state index contributed by atoms with van der Waals surface area (Å²) in [4.78, 5) is 2.27. The molecule has 0 spiro atoms. The Balaban J connectivity index is 2.20. The van der Waals surface area contributed by atoms with E-state index in [0.29, 0.717) is 6.54 Å². The van der Waals surface area contributed by atoms with Gasteiger partial charge in [0.2, 0.25) is 0 Å². The van der Waals surface area contributed by atoms with E-state index in [1.807, 2.05) is 6.07 Å². The molecule has 2 rings (SSSR count). The first-order chi connectivity index (χ1) is 9.20. The smallest absolute Gasteiger partial charge is 0.0426 e. The molecule has 0 fully saturated rings. The minimum atomic E-state index is 0.669. The number of nitrogens with zero attached hydrogens (tertiary/aromatic N) is 1. The van der Waals surface area contributed by atoms with Crippen molar-refractivity contribution in [3.05, 3.63) is 64.1 Å². The van der Waals surface area contributed by atoms with E-state index in [0.717, 1.165) is 17.4 Å². The summed E-state index contributed by atoms with van der Waals surface area (Å²) in [7, 11) is 2.12. The standard InChI is InChI=1S/C16H19BrN2/c1-19(12-13-5-3-2-4-6-13)16-8-7-15(17)11-14(16)9-10-18/h2-8,11H,9-10,12,18H2,1H3. The number of rotatable bonds is 5. The summed E-state index contributed by atoms with van der Waals surface area (Å²) in [6, 6.07) is 16.9. The molecule has 0 saturated carbocycles. The van der Waals surface area contributed by atoms with Gasteiger partial charge in [-0.05, 0) is 42.3 Å². The van der Waals surface area contributed by atoms with E-state index in [1.54, 1.807) is 0 Å². The van der Waals surface area contributed by atoms with Gasteiger partial charge in [0, 0.05) is 23.8 Å². The average molecular weight is 319 g/mol. The highest BCUT2D eigenvalue weighted by Gasteiger charge is 2.08. The molecule has 0 aliphatic carbocycles. The molecular weight excluding hydrogens is 300 g/mol. The number of nitrogens with two attached hydrogens (primary N) is 1. The van der Waals surface area contributed by atoms with Gasteiger partial charge in [0.1, 0.15) is 0 Å². The van der Waals surface area contributed by atoms with Gasteiger partial charge in [-0.25, -0.2) is 0 Å². The molecule has 0 aliphatic rings. The van der Waals surface area contributed by atoms with E-state index in [4.69, 9.17) is 5.73 Å². The molecule has 2 aromatic rings. The van der Waals surface area contributed by atoms with E-state index >= 15 is 0 Å². The van der Waals surface area contributed by atoms with Gasteiger partial charge >= 0.3 is 0 Å². The van der Waals surface area contributed by atoms with Crippen LogP contribution in [0.2, 0.25) is 0 Å². The van der Waals surface area contributed by atoms with Crippen molar-refractivity contribution in [1.29, 1.82) is 0 Å². The van der Waals surface area contributed by atoms with Gasteiger partial charge in [-0.15, -0.1) is 0 Å². The predicted octanol–water partition coefficient (Wildman–Crippen LogP) is 3.59. The highest BCUT2D eigenvalue weighted by molar-refractivity contribution is 9.10. The van der Waals surface area contributed by atoms with Crippen molar-refractivity contribution in [2.24, 2.45) is 5.73 Å². The Morgan fingerprint density at radius 1 is 1.11 bits per heavy atom. The van der Waals surface area contributed by atoms with Crippen LogP contribution in [0.3, 0.4) is 0 Å². The Kier molecular flexibility index (Phi) is 5.00. The zero-order valence-corrected chi connectivity index (χ0v) is 12.7. The van der Waals surface area contributed by atoms with Crippen LogP contribution in [-0.4, -0.2) is 13.6 Å². The summed E-state index contributed by atoms with van der Waals surface area (Å²) < 4.78 is 1.10. The minimum Gasteiger partial charge on any atom is -0.370 e. The normalized spacial score (nSPS) is 10.5. The third-order valence-electron chi connectivity index (χ3n) is 3.13. The fourth-order valence-corrected chi connectivity index (χ4v) is 2.63. The molecule has 19 heavy (non-hydrogen) atoms. The zero-order valence-electron chi connectivity index (χ0n) is 11.1. The number of anilines is 1. The minimum absolute atomic E-state index is 0.669. The summed E-state index contributed by atoms with van der Waals surface area (Å²) in [5, 5.41) is 0. The van der Waals surface area contributed by atoms with Gasteiger partial charge in [0.25, 0.3) is 0 Å². The van der Waals surface area contributed by atoms with E-state index in [-0.39, 0.29) is 0 Å². The summed E-state index contributed by atoms with van der Waals surface area (Å²) in [5.74, 6) is 0. The molecule has 0 unspecified atom stereocenters. The molecule has 100 valence electrons. The van der Waals surface area contributed by atoms with Crippen molar-refractivity contribution in [3.63, 3.8) is 0 Å². The highest BCUT2D eigenvalue weighted by Crippen LogP contribution is 2.25. The van der Waals surface area contributed by atoms with E-state index in [9.17, 15) is 0 Å². The molecule has 0 saturated heterocycles. The monoisotopic (exact) mass is 318 g/mol. The second-order valence-corrected chi connectivity index (χ2v) is 5.57. The Morgan fingerprint density at radius 3 is 2.53 bits per heavy atom. The molecule has 0 amide bonds. The predicted molar refractivity (Wildman–Crippen MR) is 85.4 cm³/mol. The van der Waals surface area contributed by atoms with Crippen molar-refractivity contribution in [1.82, 2.24) is 0 Å². The first-order valence-electron chi connectivity index (χ1n) is 6.44. The summed E-state index contributed by atoms with van der Waals surface area (Å²) >= 11 is 3.52. The fourth-order valence-electron chi connectivity index (χ4n) is 2.22. The van der Waals surface area contributed by atoms with Crippen molar-refractivity contribution in [2.75, 3.05) is 18.5 Å². The lowest BCUT2D eigenvalue weighted by atomic mass is 10.1. The van der Waals surface area contributed by atoms with Gasteiger partial charge in [-0.3, -0.25) is 0 Å². The maximum Gasteiger partial charge on any atom is 0.0426 e. The molecule has 0 atom stereocenters. The van der Waals surface area contributed by atoms with Crippen LogP contribution in [0, 0.1) is 0 Å². The molecule has 2 aromatic carbocycles. The van der Waals surface area contributed by atoms with Crippen LogP contribution >= 0.6 is 15.9 Å². The number of hydrogen-bond donors (Lipinski definition) is 1. The number of hydrogen-bond acceptors (Lipinski definition) is 2. The quantitative estimate of drug-likeness (QED) is 0.912. The molecular formula is C16H19BrN2. The van der Waals surface area contributed by atoms with Gasteiger partial charge in [0.05, 0.1) is 0 Å². The van der Waals surface area contributed by atoms with E-state index < -0.39 is 0 Å². The van der Waals surface area contributed by atoms with Gasteiger partial charge < -0.3 is 10.6 Å². The molecule has 0 bridgehead atoms. The van der Waals surface area contributed by atoms with Gasteiger partial charge in [-0.2, -0.15) is 0 Å². The van der Waals surface area contributed by atoms with Crippen LogP contribution in [0.25, 0.3) is 0 Å². The van der Waals surface area contributed by atoms with Crippen LogP contribution in [0.5, 0.6) is 0 Å². The van der Waals surface area contributed by atoms with Gasteiger partial charge in [0.15, 0.2) is 0 Å². The molecule has 0 heterocycles. The summed E-state index contributed by atoms with van der Waals surface area (Å²) in [6.07, 6.45) is 0.897. The Hall–Kier alpha value is -1.32. The van der Waals surface area contributed by atoms with Crippen LogP contribution in [-0.2, 0) is 13.0 Å². The number of halogens is 1. The van der Waals surface area contributed by atoms with Crippen LogP contribution in [0.4, 0.5) is 5.69 Å². The number of benzene rings is 2. The summed E-state index contributed by atoms with van der Waals surface area (Å²) in [6.45, 7) is 1.57. The van der Waals surface area contributed by atoms with E-state index in [2.05, 4.69) is 70.3 Å². The zero-order chi connectivity index (χ0) is 13.7. The van der Waals surface area contributed by atoms with Crippen molar-refractivity contribution < 1.29 is 0 Å². The average Bonchev–Trinajstić information content (AvgIpc) is 2.40. The van der Waals surface area contributed by atoms with Crippen LogP contribution < -0.4 is 10.6 Å². The lowest BCUT2D eigenvalue weighted by Crippen LogP contribution is -2.19. The maximum absolute atomic E-state index is 5.70. The van der Waals surface area contributed by atoms with Crippen molar-refractivity contribution >= 4 is 21.6 Å². The third kappa shape index (κ3) is 3.82. The van der Waals surface area contributed by atoms with Gasteiger partial charge in [-0.1, -0.05) is 46.3 Å². The Labute approximate surface area is 123 Å². The van der Waals surface area contributed by atoms with E-state index in [1.165, 1.54) is 16.8 Å². The molecule has 2 nitrogen and oxygen atoms in total. The Bertz CT molecular complexity index is 526. The molecule has 0 aliphatic heterocycles. The molecule has 0 radical (unpaired) electrons. The highest BCUT2D eigenvalue weighted by atomic mass is 79.9. The first kappa shape index (κ1) is 14.1. The first-order valence-corrected chi connectivity index (χ1v) is 7.23. The lowest BCUT2D eigenvalue weighted by Gasteiger charge is -2.23. The van der Waals surface area contributed by atoms with Crippen molar-refractivity contribution in [2.45, 2.75) is 13.0 Å². The molecule has 0 aromatic heterocycles. The van der Waals surface area contributed by atoms with Crippen LogP contribution in [0.1, 0.15) is 11.1 Å². The third-order valence-corrected chi connectivity index (χ3v) is 3.62. The maximum atomic E-state index is 5.70. The van der Waals surface area contributed by atoms with Crippen molar-refractivity contribution in [3.8, 4) is 0 Å². The molecule has 2 N–H and O–H groups in total. The largest absolute Gasteiger partial charge is 0.370 e. The van der Waals surface area contributed by atoms with Crippen LogP contribution in [0.15, 0.2) is 53.0 Å². The fraction of sp³-hybridized carbons (Fsp3) is 0.250. The Morgan fingerprint density at radius 2 is 1.84 bits per heavy atom. The topological polar surface area (TPSA) is 29.3 Å². The lowest BCUT2D eigenvalue weighted by molar-refractivity contribution is 0.892. The SMILES string of the molecule is CN(Cc1ccccc1)c1ccc(Br)cc1CCN. The molecule has 3 heteroatoms. The second-order valence-electron chi connectivity index (χ2n) is 4.65. The second kappa shape index (κ2) is 6.73.